The van der Waals surface area contributed by atoms with Crippen LogP contribution in [0, 0.1) is 12.7 Å². The lowest BCUT2D eigenvalue weighted by atomic mass is 10.1. The van der Waals surface area contributed by atoms with Gasteiger partial charge in [-0.1, -0.05) is 24.3 Å². The maximum Gasteiger partial charge on any atom is 0.132 e. The summed E-state index contributed by atoms with van der Waals surface area (Å²) in [7, 11) is 0. The van der Waals surface area contributed by atoms with Gasteiger partial charge in [-0.15, -0.1) is 0 Å². The minimum atomic E-state index is -0.273. The van der Waals surface area contributed by atoms with Gasteiger partial charge in [0.05, 0.1) is 22.4 Å². The number of para-hydroxylation sites is 2. The molecule has 0 aliphatic rings. The average molecular weight is 238 g/mol. The molecule has 3 aromatic rings. The van der Waals surface area contributed by atoms with E-state index in [1.807, 2.05) is 31.2 Å². The Kier molecular flexibility index (Phi) is 2.52. The molecule has 0 fully saturated rings. The molecule has 0 saturated carbocycles. The minimum absolute atomic E-state index is 0.273. The molecule has 0 aliphatic heterocycles. The van der Waals surface area contributed by atoms with Crippen LogP contribution in [0.3, 0.4) is 0 Å². The molecule has 1 heterocycles. The zero-order valence-corrected chi connectivity index (χ0v) is 9.89. The van der Waals surface area contributed by atoms with Crippen LogP contribution in [-0.2, 0) is 0 Å². The fourth-order valence-corrected chi connectivity index (χ4v) is 2.00. The lowest BCUT2D eigenvalue weighted by Gasteiger charge is -2.07. The largest absolute Gasteiger partial charge is 0.249 e. The number of hydrogen-bond acceptors (Lipinski definition) is 2. The number of halogens is 1. The van der Waals surface area contributed by atoms with Crippen molar-refractivity contribution >= 4 is 11.0 Å². The Hall–Kier alpha value is -2.29. The minimum Gasteiger partial charge on any atom is -0.249 e. The number of nitrogens with zero attached hydrogens (tertiary/aromatic N) is 2. The predicted octanol–water partition coefficient (Wildman–Crippen LogP) is 3.74. The zero-order chi connectivity index (χ0) is 12.5. The van der Waals surface area contributed by atoms with Crippen molar-refractivity contribution in [2.75, 3.05) is 0 Å². The van der Waals surface area contributed by atoms with Crippen LogP contribution in [0.1, 0.15) is 5.69 Å². The molecule has 0 spiro atoms. The van der Waals surface area contributed by atoms with Crippen LogP contribution in [0.2, 0.25) is 0 Å². The fourth-order valence-electron chi connectivity index (χ4n) is 2.00. The van der Waals surface area contributed by atoms with Crippen molar-refractivity contribution < 1.29 is 4.39 Å². The van der Waals surface area contributed by atoms with E-state index in [9.17, 15) is 4.39 Å². The monoisotopic (exact) mass is 238 g/mol. The second-order valence-electron chi connectivity index (χ2n) is 4.13. The van der Waals surface area contributed by atoms with E-state index in [1.165, 1.54) is 6.07 Å². The van der Waals surface area contributed by atoms with Crippen LogP contribution in [0.4, 0.5) is 4.39 Å². The van der Waals surface area contributed by atoms with Gasteiger partial charge >= 0.3 is 0 Å². The van der Waals surface area contributed by atoms with Crippen molar-refractivity contribution in [1.29, 1.82) is 0 Å². The number of rotatable bonds is 1. The molecule has 18 heavy (non-hydrogen) atoms. The van der Waals surface area contributed by atoms with Crippen molar-refractivity contribution in [3.63, 3.8) is 0 Å². The number of aryl methyl sites for hydroxylation is 1. The first-order valence-electron chi connectivity index (χ1n) is 5.74. The Balaban J connectivity index is 2.30. The molecule has 0 amide bonds. The first kappa shape index (κ1) is 10.8. The Bertz CT molecular complexity index is 723. The molecule has 2 aromatic carbocycles. The number of fused-ring (bicyclic) bond motifs is 1. The first-order valence-corrected chi connectivity index (χ1v) is 5.74. The summed E-state index contributed by atoms with van der Waals surface area (Å²) in [6.45, 7) is 1.85. The molecule has 0 bridgehead atoms. The Morgan fingerprint density at radius 3 is 2.17 bits per heavy atom. The third kappa shape index (κ3) is 1.74. The summed E-state index contributed by atoms with van der Waals surface area (Å²) in [5.41, 5.74) is 3.44. The molecule has 1 aromatic heterocycles. The molecule has 0 N–H and O–H groups in total. The Morgan fingerprint density at radius 2 is 1.44 bits per heavy atom. The van der Waals surface area contributed by atoms with Crippen molar-refractivity contribution in [1.82, 2.24) is 9.97 Å². The summed E-state index contributed by atoms with van der Waals surface area (Å²) in [6, 6.07) is 14.2. The van der Waals surface area contributed by atoms with E-state index < -0.39 is 0 Å². The lowest BCUT2D eigenvalue weighted by molar-refractivity contribution is 0.630. The van der Waals surface area contributed by atoms with Crippen LogP contribution in [0.15, 0.2) is 48.5 Å². The van der Waals surface area contributed by atoms with Gasteiger partial charge in [-0.05, 0) is 31.2 Å². The van der Waals surface area contributed by atoms with Crippen molar-refractivity contribution in [3.8, 4) is 11.3 Å². The quantitative estimate of drug-likeness (QED) is 0.645. The highest BCUT2D eigenvalue weighted by atomic mass is 19.1. The summed E-state index contributed by atoms with van der Waals surface area (Å²) < 4.78 is 13.8. The van der Waals surface area contributed by atoms with Gasteiger partial charge in [0.1, 0.15) is 5.82 Å². The molecule has 3 heteroatoms. The Morgan fingerprint density at radius 1 is 0.833 bits per heavy atom. The lowest BCUT2D eigenvalue weighted by Crippen LogP contribution is -1.95. The number of hydrogen-bond donors (Lipinski definition) is 0. The topological polar surface area (TPSA) is 25.8 Å². The summed E-state index contributed by atoms with van der Waals surface area (Å²) in [6.07, 6.45) is 0. The molecule has 88 valence electrons. The van der Waals surface area contributed by atoms with E-state index in [-0.39, 0.29) is 5.82 Å². The van der Waals surface area contributed by atoms with Gasteiger partial charge in [0.15, 0.2) is 0 Å². The van der Waals surface area contributed by atoms with Crippen LogP contribution < -0.4 is 0 Å². The van der Waals surface area contributed by atoms with E-state index in [4.69, 9.17) is 0 Å². The van der Waals surface area contributed by atoms with Gasteiger partial charge in [-0.2, -0.15) is 0 Å². The molecular weight excluding hydrogens is 227 g/mol. The summed E-state index contributed by atoms with van der Waals surface area (Å²) in [5.74, 6) is -0.273. The molecule has 0 saturated heterocycles. The van der Waals surface area contributed by atoms with E-state index >= 15 is 0 Å². The molecule has 0 atom stereocenters. The second-order valence-corrected chi connectivity index (χ2v) is 4.13. The maximum atomic E-state index is 13.8. The van der Waals surface area contributed by atoms with Crippen molar-refractivity contribution in [3.05, 3.63) is 60.0 Å². The normalized spacial score (nSPS) is 10.8. The van der Waals surface area contributed by atoms with Gasteiger partial charge < -0.3 is 0 Å². The third-order valence-corrected chi connectivity index (χ3v) is 2.87. The molecule has 0 radical (unpaired) electrons. The Labute approximate surface area is 104 Å². The number of aromatic nitrogens is 2. The van der Waals surface area contributed by atoms with Gasteiger partial charge in [0.2, 0.25) is 0 Å². The first-order chi connectivity index (χ1) is 8.75. The standard InChI is InChI=1S/C15H11FN2/c1-10-15(11-6-2-3-7-12(11)16)18-14-9-5-4-8-13(14)17-10/h2-9H,1H3. The van der Waals surface area contributed by atoms with Crippen LogP contribution in [0.25, 0.3) is 22.3 Å². The van der Waals surface area contributed by atoms with Crippen LogP contribution >= 0.6 is 0 Å². The smallest absolute Gasteiger partial charge is 0.132 e. The second kappa shape index (κ2) is 4.18. The molecular formula is C15H11FN2. The number of benzene rings is 2. The summed E-state index contributed by atoms with van der Waals surface area (Å²) in [4.78, 5) is 8.97. The third-order valence-electron chi connectivity index (χ3n) is 2.87. The van der Waals surface area contributed by atoms with E-state index in [1.54, 1.807) is 18.2 Å². The molecule has 3 rings (SSSR count). The SMILES string of the molecule is Cc1nc2ccccc2nc1-c1ccccc1F. The van der Waals surface area contributed by atoms with Crippen LogP contribution in [-0.4, -0.2) is 9.97 Å². The zero-order valence-electron chi connectivity index (χ0n) is 9.89. The molecule has 2 nitrogen and oxygen atoms in total. The van der Waals surface area contributed by atoms with E-state index in [0.29, 0.717) is 11.3 Å². The van der Waals surface area contributed by atoms with Crippen molar-refractivity contribution in [2.45, 2.75) is 6.92 Å². The van der Waals surface area contributed by atoms with Gasteiger partial charge in [-0.3, -0.25) is 0 Å². The predicted molar refractivity (Wildman–Crippen MR) is 69.7 cm³/mol. The summed E-state index contributed by atoms with van der Waals surface area (Å²) >= 11 is 0. The molecule has 0 aliphatic carbocycles. The van der Waals surface area contributed by atoms with Gasteiger partial charge in [0, 0.05) is 5.56 Å². The summed E-state index contributed by atoms with van der Waals surface area (Å²) in [5, 5.41) is 0. The highest BCUT2D eigenvalue weighted by molar-refractivity contribution is 5.78. The highest BCUT2D eigenvalue weighted by Gasteiger charge is 2.10. The average Bonchev–Trinajstić information content (AvgIpc) is 2.39. The van der Waals surface area contributed by atoms with Crippen LogP contribution in [0.5, 0.6) is 0 Å². The van der Waals surface area contributed by atoms with E-state index in [2.05, 4.69) is 9.97 Å². The highest BCUT2D eigenvalue weighted by Crippen LogP contribution is 2.24. The van der Waals surface area contributed by atoms with Crippen molar-refractivity contribution in [2.24, 2.45) is 0 Å². The van der Waals surface area contributed by atoms with Gasteiger partial charge in [-0.25, -0.2) is 14.4 Å². The van der Waals surface area contributed by atoms with E-state index in [0.717, 1.165) is 16.7 Å². The molecule has 0 unspecified atom stereocenters. The van der Waals surface area contributed by atoms with Gasteiger partial charge in [0.25, 0.3) is 0 Å². The fraction of sp³-hybridized carbons (Fsp3) is 0.0667. The maximum absolute atomic E-state index is 13.8.